The molecule has 4 N–H and O–H groups in total. The maximum absolute atomic E-state index is 5.90. The molecule has 0 radical (unpaired) electrons. The fraction of sp³-hybridized carbons (Fsp3) is 0.263. The monoisotopic (exact) mass is 310 g/mol. The van der Waals surface area contributed by atoms with Crippen LogP contribution in [0.25, 0.3) is 5.70 Å². The summed E-state index contributed by atoms with van der Waals surface area (Å²) in [6.07, 6.45) is 3.71. The van der Waals surface area contributed by atoms with Crippen LogP contribution < -0.4 is 16.6 Å². The van der Waals surface area contributed by atoms with Crippen molar-refractivity contribution in [1.29, 1.82) is 0 Å². The predicted octanol–water partition coefficient (Wildman–Crippen LogP) is 2.89. The van der Waals surface area contributed by atoms with Crippen LogP contribution in [0, 0.1) is 0 Å². The first-order valence-electron chi connectivity index (χ1n) is 7.79. The molecular formula is C19H26N4. The SMILES string of the molecule is C=CC1=C(\C=C)N(C)Cc2ccccc2/C(NN)=C\1NC(C)C. The number of nitrogens with zero attached hydrogens (tertiary/aromatic N) is 1. The highest BCUT2D eigenvalue weighted by molar-refractivity contribution is 5.75. The smallest absolute Gasteiger partial charge is 0.0802 e. The lowest BCUT2D eigenvalue weighted by atomic mass is 9.96. The molecule has 0 amide bonds. The van der Waals surface area contributed by atoms with E-state index in [0.29, 0.717) is 0 Å². The number of hydrogen-bond donors (Lipinski definition) is 3. The summed E-state index contributed by atoms with van der Waals surface area (Å²) in [6, 6.07) is 8.53. The molecule has 0 fully saturated rings. The number of hydrogen-bond acceptors (Lipinski definition) is 4. The first-order valence-corrected chi connectivity index (χ1v) is 7.79. The molecule has 0 unspecified atom stereocenters. The van der Waals surface area contributed by atoms with Gasteiger partial charge >= 0.3 is 0 Å². The van der Waals surface area contributed by atoms with Gasteiger partial charge in [-0.15, -0.1) is 0 Å². The summed E-state index contributed by atoms with van der Waals surface area (Å²) in [5.41, 5.74) is 8.99. The highest BCUT2D eigenvalue weighted by atomic mass is 15.2. The maximum Gasteiger partial charge on any atom is 0.0802 e. The van der Waals surface area contributed by atoms with E-state index in [1.165, 1.54) is 5.56 Å². The Balaban J connectivity index is 2.84. The Bertz CT molecular complexity index is 668. The first-order chi connectivity index (χ1) is 11.0. The van der Waals surface area contributed by atoms with E-state index in [0.717, 1.165) is 34.8 Å². The van der Waals surface area contributed by atoms with Crippen molar-refractivity contribution in [1.82, 2.24) is 15.6 Å². The van der Waals surface area contributed by atoms with Crippen LogP contribution in [0.2, 0.25) is 0 Å². The van der Waals surface area contributed by atoms with Gasteiger partial charge in [-0.2, -0.15) is 0 Å². The molecule has 1 aliphatic heterocycles. The fourth-order valence-corrected chi connectivity index (χ4v) is 2.91. The van der Waals surface area contributed by atoms with Gasteiger partial charge in [0.15, 0.2) is 0 Å². The van der Waals surface area contributed by atoms with E-state index in [2.05, 4.69) is 61.8 Å². The minimum atomic E-state index is 0.256. The van der Waals surface area contributed by atoms with Crippen molar-refractivity contribution in [3.05, 3.63) is 77.7 Å². The number of likely N-dealkylation sites (N-methyl/N-ethyl adjacent to an activating group) is 1. The second kappa shape index (κ2) is 7.20. The Kier molecular flexibility index (Phi) is 5.29. The summed E-state index contributed by atoms with van der Waals surface area (Å²) in [4.78, 5) is 2.18. The van der Waals surface area contributed by atoms with Gasteiger partial charge in [0, 0.05) is 36.5 Å². The lowest BCUT2D eigenvalue weighted by molar-refractivity contribution is 0.419. The average molecular weight is 310 g/mol. The summed E-state index contributed by atoms with van der Waals surface area (Å²) >= 11 is 0. The average Bonchev–Trinajstić information content (AvgIpc) is 2.52. The van der Waals surface area contributed by atoms with Crippen LogP contribution in [0.1, 0.15) is 25.0 Å². The Labute approximate surface area is 139 Å². The van der Waals surface area contributed by atoms with Gasteiger partial charge in [-0.05, 0) is 25.5 Å². The second-order valence-electron chi connectivity index (χ2n) is 5.91. The van der Waals surface area contributed by atoms with Crippen molar-refractivity contribution in [2.75, 3.05) is 7.05 Å². The van der Waals surface area contributed by atoms with Gasteiger partial charge in [0.1, 0.15) is 0 Å². The largest absolute Gasteiger partial charge is 0.381 e. The number of allylic oxidation sites excluding steroid dienone is 2. The third-order valence-electron chi connectivity index (χ3n) is 3.88. The molecule has 0 atom stereocenters. The van der Waals surface area contributed by atoms with Crippen molar-refractivity contribution >= 4 is 5.70 Å². The molecule has 122 valence electrons. The maximum atomic E-state index is 5.90. The van der Waals surface area contributed by atoms with E-state index < -0.39 is 0 Å². The number of fused-ring (bicyclic) bond motifs is 1. The summed E-state index contributed by atoms with van der Waals surface area (Å²) in [6.45, 7) is 12.9. The van der Waals surface area contributed by atoms with Crippen LogP contribution in [0.3, 0.4) is 0 Å². The third-order valence-corrected chi connectivity index (χ3v) is 3.88. The van der Waals surface area contributed by atoms with Crippen LogP contribution in [0.15, 0.2) is 66.5 Å². The number of benzene rings is 1. The lowest BCUT2D eigenvalue weighted by Gasteiger charge is -2.31. The molecule has 1 aliphatic rings. The topological polar surface area (TPSA) is 53.3 Å². The van der Waals surface area contributed by atoms with E-state index in [-0.39, 0.29) is 6.04 Å². The minimum Gasteiger partial charge on any atom is -0.381 e. The van der Waals surface area contributed by atoms with Gasteiger partial charge in [0.2, 0.25) is 0 Å². The van der Waals surface area contributed by atoms with Gasteiger partial charge < -0.3 is 15.6 Å². The number of rotatable bonds is 5. The quantitative estimate of drug-likeness (QED) is 0.578. The Morgan fingerprint density at radius 2 is 1.87 bits per heavy atom. The van der Waals surface area contributed by atoms with Crippen molar-refractivity contribution in [2.24, 2.45) is 5.84 Å². The van der Waals surface area contributed by atoms with Crippen LogP contribution in [-0.4, -0.2) is 18.0 Å². The van der Waals surface area contributed by atoms with E-state index in [9.17, 15) is 0 Å². The Morgan fingerprint density at radius 3 is 2.43 bits per heavy atom. The molecule has 0 spiro atoms. The van der Waals surface area contributed by atoms with Crippen molar-refractivity contribution in [3.63, 3.8) is 0 Å². The summed E-state index contributed by atoms with van der Waals surface area (Å²) < 4.78 is 0. The van der Waals surface area contributed by atoms with Crippen molar-refractivity contribution in [3.8, 4) is 0 Å². The molecule has 1 heterocycles. The zero-order valence-electron chi connectivity index (χ0n) is 14.2. The third kappa shape index (κ3) is 3.32. The number of nitrogens with two attached hydrogens (primary N) is 1. The molecule has 23 heavy (non-hydrogen) atoms. The molecule has 0 saturated heterocycles. The summed E-state index contributed by atoms with van der Waals surface area (Å²) in [5, 5.41) is 3.51. The molecular weight excluding hydrogens is 284 g/mol. The van der Waals surface area contributed by atoms with Crippen LogP contribution in [0.5, 0.6) is 0 Å². The van der Waals surface area contributed by atoms with E-state index >= 15 is 0 Å². The molecule has 0 bridgehead atoms. The Hall–Kier alpha value is -2.46. The molecule has 0 saturated carbocycles. The standard InChI is InChI=1S/C19H26N4/c1-6-15-17(7-2)23(5)12-14-10-8-9-11-16(14)19(22-20)18(15)21-13(3)4/h6-11,13,21-22H,1-2,12,20H2,3-5H3/b17-15-,19-18-. The first kappa shape index (κ1) is 16.9. The summed E-state index contributed by atoms with van der Waals surface area (Å²) in [5.74, 6) is 5.90. The molecule has 2 rings (SSSR count). The molecule has 0 aromatic heterocycles. The van der Waals surface area contributed by atoms with Gasteiger partial charge in [-0.25, -0.2) is 0 Å². The van der Waals surface area contributed by atoms with Crippen LogP contribution in [0.4, 0.5) is 0 Å². The van der Waals surface area contributed by atoms with Crippen molar-refractivity contribution < 1.29 is 0 Å². The fourth-order valence-electron chi connectivity index (χ4n) is 2.91. The lowest BCUT2D eigenvalue weighted by Crippen LogP contribution is -2.33. The zero-order valence-corrected chi connectivity index (χ0v) is 14.2. The zero-order chi connectivity index (χ0) is 17.0. The molecule has 0 aliphatic carbocycles. The predicted molar refractivity (Wildman–Crippen MR) is 97.8 cm³/mol. The number of nitrogens with one attached hydrogen (secondary N) is 2. The van der Waals surface area contributed by atoms with E-state index in [1.54, 1.807) is 0 Å². The van der Waals surface area contributed by atoms with E-state index in [1.807, 2.05) is 24.3 Å². The highest BCUT2D eigenvalue weighted by Gasteiger charge is 2.22. The molecule has 4 nitrogen and oxygen atoms in total. The van der Waals surface area contributed by atoms with Crippen LogP contribution >= 0.6 is 0 Å². The second-order valence-corrected chi connectivity index (χ2v) is 5.91. The highest BCUT2D eigenvalue weighted by Crippen LogP contribution is 2.30. The molecule has 1 aromatic rings. The van der Waals surface area contributed by atoms with E-state index in [4.69, 9.17) is 5.84 Å². The minimum absolute atomic E-state index is 0.256. The van der Waals surface area contributed by atoms with Gasteiger partial charge in [-0.3, -0.25) is 5.84 Å². The summed E-state index contributed by atoms with van der Waals surface area (Å²) in [7, 11) is 2.06. The van der Waals surface area contributed by atoms with Crippen LogP contribution in [-0.2, 0) is 6.54 Å². The van der Waals surface area contributed by atoms with Gasteiger partial charge in [0.05, 0.1) is 11.4 Å². The molecule has 4 heteroatoms. The van der Waals surface area contributed by atoms with Crippen molar-refractivity contribution in [2.45, 2.75) is 26.4 Å². The van der Waals surface area contributed by atoms with Gasteiger partial charge in [0.25, 0.3) is 0 Å². The Morgan fingerprint density at radius 1 is 1.17 bits per heavy atom. The number of hydrazine groups is 1. The van der Waals surface area contributed by atoms with Gasteiger partial charge in [-0.1, -0.05) is 43.5 Å². The normalized spacial score (nSPS) is 21.3. The molecule has 1 aromatic carbocycles.